The number of phenolic OH excluding ortho intramolecular Hbond substituents is 2. The van der Waals surface area contributed by atoms with Crippen LogP contribution in [0.15, 0.2) is 18.2 Å². The molecule has 0 atom stereocenters. The number of hydrogen-bond donors (Lipinski definition) is 3. The van der Waals surface area contributed by atoms with Crippen LogP contribution in [-0.4, -0.2) is 23.2 Å². The van der Waals surface area contributed by atoms with E-state index >= 15 is 0 Å². The molecule has 4 heteroatoms. The molecule has 0 aromatic heterocycles. The average Bonchev–Trinajstić information content (AvgIpc) is 2.27. The van der Waals surface area contributed by atoms with Crippen LogP contribution in [0, 0.1) is 0 Å². The summed E-state index contributed by atoms with van der Waals surface area (Å²) in [5.41, 5.74) is 0.559. The highest BCUT2D eigenvalue weighted by atomic mass is 16.3. The fourth-order valence-electron chi connectivity index (χ4n) is 2.04. The molecule has 1 amide bonds. The van der Waals surface area contributed by atoms with E-state index in [9.17, 15) is 15.0 Å². The van der Waals surface area contributed by atoms with E-state index in [1.807, 2.05) is 13.8 Å². The van der Waals surface area contributed by atoms with E-state index in [4.69, 9.17) is 0 Å². The van der Waals surface area contributed by atoms with Crippen molar-refractivity contribution in [1.29, 1.82) is 0 Å². The van der Waals surface area contributed by atoms with Crippen LogP contribution in [0.3, 0.4) is 0 Å². The summed E-state index contributed by atoms with van der Waals surface area (Å²) in [4.78, 5) is 11.2. The van der Waals surface area contributed by atoms with Gasteiger partial charge in [0.15, 0.2) is 0 Å². The number of aromatic hydroxyl groups is 2. The number of rotatable bonds is 5. The van der Waals surface area contributed by atoms with Gasteiger partial charge in [0.05, 0.1) is 0 Å². The van der Waals surface area contributed by atoms with Gasteiger partial charge in [-0.3, -0.25) is 4.79 Å². The minimum atomic E-state index is -0.230. The summed E-state index contributed by atoms with van der Waals surface area (Å²) in [6.45, 7) is 4.03. The van der Waals surface area contributed by atoms with E-state index in [1.165, 1.54) is 6.07 Å². The van der Waals surface area contributed by atoms with Crippen molar-refractivity contribution in [2.45, 2.75) is 38.5 Å². The molecule has 0 aliphatic heterocycles. The molecule has 0 saturated heterocycles. The monoisotopic (exact) mass is 251 g/mol. The summed E-state index contributed by atoms with van der Waals surface area (Å²) in [5.74, 6) is 0.179. The highest BCUT2D eigenvalue weighted by Crippen LogP contribution is 2.36. The molecule has 0 radical (unpaired) electrons. The van der Waals surface area contributed by atoms with Gasteiger partial charge >= 0.3 is 0 Å². The number of nitrogens with one attached hydrogen (secondary N) is 1. The molecule has 0 bridgehead atoms. The third kappa shape index (κ3) is 3.65. The number of benzene rings is 1. The Kier molecular flexibility index (Phi) is 4.59. The Morgan fingerprint density at radius 2 is 2.00 bits per heavy atom. The Morgan fingerprint density at radius 1 is 1.33 bits per heavy atom. The van der Waals surface area contributed by atoms with Gasteiger partial charge in [0.1, 0.15) is 11.5 Å². The third-order valence-corrected chi connectivity index (χ3v) is 3.19. The number of carbonyl (C=O) groups excluding carboxylic acids is 1. The fraction of sp³-hybridized carbons (Fsp3) is 0.500. The Balaban J connectivity index is 2.70. The van der Waals surface area contributed by atoms with Gasteiger partial charge in [0.25, 0.3) is 0 Å². The van der Waals surface area contributed by atoms with Crippen LogP contribution in [0.5, 0.6) is 11.5 Å². The first-order valence-electron chi connectivity index (χ1n) is 6.10. The van der Waals surface area contributed by atoms with E-state index < -0.39 is 0 Å². The van der Waals surface area contributed by atoms with Crippen LogP contribution in [0.25, 0.3) is 0 Å². The molecule has 4 nitrogen and oxygen atoms in total. The second-order valence-corrected chi connectivity index (χ2v) is 5.11. The van der Waals surface area contributed by atoms with Gasteiger partial charge in [0, 0.05) is 19.5 Å². The molecular weight excluding hydrogens is 230 g/mol. The molecule has 0 unspecified atom stereocenters. The van der Waals surface area contributed by atoms with E-state index in [-0.39, 0.29) is 22.8 Å². The first-order valence-corrected chi connectivity index (χ1v) is 6.10. The second kappa shape index (κ2) is 5.76. The van der Waals surface area contributed by atoms with Gasteiger partial charge in [-0.25, -0.2) is 0 Å². The van der Waals surface area contributed by atoms with Crippen molar-refractivity contribution in [1.82, 2.24) is 5.32 Å². The maximum atomic E-state index is 11.2. The van der Waals surface area contributed by atoms with E-state index in [2.05, 4.69) is 5.32 Å². The van der Waals surface area contributed by atoms with Crippen LogP contribution in [0.2, 0.25) is 0 Å². The van der Waals surface area contributed by atoms with Crippen LogP contribution < -0.4 is 5.32 Å². The average molecular weight is 251 g/mol. The lowest BCUT2D eigenvalue weighted by atomic mass is 9.79. The molecule has 100 valence electrons. The lowest BCUT2D eigenvalue weighted by molar-refractivity contribution is -0.120. The maximum Gasteiger partial charge on any atom is 0.219 e. The van der Waals surface area contributed by atoms with Gasteiger partial charge in [-0.15, -0.1) is 0 Å². The quantitative estimate of drug-likeness (QED) is 0.752. The molecule has 0 saturated carbocycles. The predicted octanol–water partition coefficient (Wildman–Crippen LogP) is 2.29. The predicted molar refractivity (Wildman–Crippen MR) is 70.7 cm³/mol. The van der Waals surface area contributed by atoms with Crippen molar-refractivity contribution in [3.63, 3.8) is 0 Å². The van der Waals surface area contributed by atoms with Crippen molar-refractivity contribution in [2.75, 3.05) is 7.05 Å². The first-order chi connectivity index (χ1) is 8.36. The van der Waals surface area contributed by atoms with E-state index in [1.54, 1.807) is 19.2 Å². The van der Waals surface area contributed by atoms with Crippen molar-refractivity contribution in [3.8, 4) is 11.5 Å². The molecule has 0 fully saturated rings. The van der Waals surface area contributed by atoms with E-state index in [0.29, 0.717) is 6.42 Å². The summed E-state index contributed by atoms with van der Waals surface area (Å²) >= 11 is 0. The van der Waals surface area contributed by atoms with Crippen molar-refractivity contribution in [3.05, 3.63) is 23.8 Å². The van der Waals surface area contributed by atoms with Gasteiger partial charge in [-0.05, 0) is 29.9 Å². The summed E-state index contributed by atoms with van der Waals surface area (Å²) in [5, 5.41) is 21.7. The molecule has 1 aromatic rings. The van der Waals surface area contributed by atoms with Crippen molar-refractivity contribution >= 4 is 5.91 Å². The minimum absolute atomic E-state index is 0.0285. The molecule has 0 spiro atoms. The number of carbonyl (C=O) groups is 1. The minimum Gasteiger partial charge on any atom is -0.508 e. The Morgan fingerprint density at radius 3 is 2.56 bits per heavy atom. The van der Waals surface area contributed by atoms with Gasteiger partial charge in [0.2, 0.25) is 5.91 Å². The summed E-state index contributed by atoms with van der Waals surface area (Å²) < 4.78 is 0. The number of phenols is 2. The zero-order chi connectivity index (χ0) is 13.8. The van der Waals surface area contributed by atoms with Crippen LogP contribution in [0.1, 0.15) is 38.7 Å². The SMILES string of the molecule is CNC(=O)CCCC(C)(C)c1ccc(O)cc1O. The molecule has 1 rings (SSSR count). The van der Waals surface area contributed by atoms with Crippen LogP contribution >= 0.6 is 0 Å². The van der Waals surface area contributed by atoms with Crippen LogP contribution in [0.4, 0.5) is 0 Å². The lowest BCUT2D eigenvalue weighted by Gasteiger charge is -2.26. The molecule has 0 aliphatic carbocycles. The smallest absolute Gasteiger partial charge is 0.219 e. The van der Waals surface area contributed by atoms with Gasteiger partial charge in [-0.1, -0.05) is 19.9 Å². The zero-order valence-electron chi connectivity index (χ0n) is 11.2. The van der Waals surface area contributed by atoms with Crippen LogP contribution in [-0.2, 0) is 10.2 Å². The second-order valence-electron chi connectivity index (χ2n) is 5.11. The summed E-state index contributed by atoms with van der Waals surface area (Å²) in [6.07, 6.45) is 2.03. The molecule has 3 N–H and O–H groups in total. The Bertz CT molecular complexity index is 427. The van der Waals surface area contributed by atoms with Crippen molar-refractivity contribution < 1.29 is 15.0 Å². The molecule has 1 aromatic carbocycles. The Hall–Kier alpha value is -1.71. The summed E-state index contributed by atoms with van der Waals surface area (Å²) in [6, 6.07) is 4.63. The molecular formula is C14H21NO3. The molecule has 0 aliphatic rings. The largest absolute Gasteiger partial charge is 0.508 e. The fourth-order valence-corrected chi connectivity index (χ4v) is 2.04. The normalized spacial score (nSPS) is 11.3. The van der Waals surface area contributed by atoms with Crippen molar-refractivity contribution in [2.24, 2.45) is 0 Å². The topological polar surface area (TPSA) is 69.6 Å². The Labute approximate surface area is 108 Å². The number of hydrogen-bond acceptors (Lipinski definition) is 3. The van der Waals surface area contributed by atoms with Gasteiger partial charge < -0.3 is 15.5 Å². The summed E-state index contributed by atoms with van der Waals surface area (Å²) in [7, 11) is 1.62. The maximum absolute atomic E-state index is 11.2. The highest BCUT2D eigenvalue weighted by Gasteiger charge is 2.23. The number of amides is 1. The first kappa shape index (κ1) is 14.4. The zero-order valence-corrected chi connectivity index (χ0v) is 11.2. The van der Waals surface area contributed by atoms with E-state index in [0.717, 1.165) is 18.4 Å². The lowest BCUT2D eigenvalue weighted by Crippen LogP contribution is -2.21. The third-order valence-electron chi connectivity index (χ3n) is 3.19. The molecule has 0 heterocycles. The highest BCUT2D eigenvalue weighted by molar-refractivity contribution is 5.75. The standard InChI is InChI=1S/C14H21NO3/c1-14(2,8-4-5-13(18)15-3)11-7-6-10(16)9-12(11)17/h6-7,9,16-17H,4-5,8H2,1-3H3,(H,15,18). The van der Waals surface area contributed by atoms with Gasteiger partial charge in [-0.2, -0.15) is 0 Å². The molecule has 18 heavy (non-hydrogen) atoms.